The molecule has 1 heterocycles. The van der Waals surface area contributed by atoms with E-state index in [1.54, 1.807) is 36.4 Å². The second kappa shape index (κ2) is 9.15. The van der Waals surface area contributed by atoms with E-state index in [0.29, 0.717) is 27.5 Å². The molecule has 1 aliphatic carbocycles. The molecule has 0 spiro atoms. The number of nitriles is 1. The fourth-order valence-electron chi connectivity index (χ4n) is 3.94. The molecule has 2 aliphatic rings. The number of fused-ring (bicyclic) bond motifs is 1. The third kappa shape index (κ3) is 4.52. The van der Waals surface area contributed by atoms with Crippen molar-refractivity contribution in [2.24, 2.45) is 4.99 Å². The number of carbonyl (C=O) groups excluding carboxylic acids is 2. The summed E-state index contributed by atoms with van der Waals surface area (Å²) >= 11 is 5.99. The van der Waals surface area contributed by atoms with Crippen molar-refractivity contribution < 1.29 is 9.59 Å². The number of halogens is 1. The maximum atomic E-state index is 12.9. The molecule has 1 aliphatic heterocycles. The summed E-state index contributed by atoms with van der Waals surface area (Å²) in [6, 6.07) is 15.9. The standard InChI is InChI=1S/C24H21ClN4O2/c25-16-8-6-7-15(13-16)23(30)29-22-19-12-5-4-11-18(19)21(28-22)20(14-26)24(31)27-17-9-2-1-3-10-17/h4-8,11-13,17H,1-3,9-10H2,(H,27,31)(H,28,29,30)/b21-20-. The Labute approximate surface area is 185 Å². The SMILES string of the molecule is N#C/C(C(=O)NC1CCCCC1)=C1/N=C(NC(=O)c2cccc(Cl)c2)c2ccccc21. The van der Waals surface area contributed by atoms with Gasteiger partial charge in [-0.2, -0.15) is 5.26 Å². The highest BCUT2D eigenvalue weighted by molar-refractivity contribution is 6.31. The van der Waals surface area contributed by atoms with Crippen LogP contribution in [0.4, 0.5) is 0 Å². The van der Waals surface area contributed by atoms with Crippen molar-refractivity contribution in [2.45, 2.75) is 38.1 Å². The number of hydrogen-bond donors (Lipinski definition) is 2. The lowest BCUT2D eigenvalue weighted by Gasteiger charge is -2.22. The van der Waals surface area contributed by atoms with E-state index in [2.05, 4.69) is 15.6 Å². The number of hydrogen-bond acceptors (Lipinski definition) is 4. The van der Waals surface area contributed by atoms with Crippen LogP contribution in [0.25, 0.3) is 5.70 Å². The van der Waals surface area contributed by atoms with Crippen LogP contribution in [-0.2, 0) is 4.79 Å². The van der Waals surface area contributed by atoms with Crippen molar-refractivity contribution in [3.05, 3.63) is 75.8 Å². The minimum Gasteiger partial charge on any atom is -0.349 e. The van der Waals surface area contributed by atoms with Gasteiger partial charge in [-0.15, -0.1) is 0 Å². The molecule has 4 rings (SSSR count). The Hall–Kier alpha value is -3.43. The Morgan fingerprint density at radius 3 is 2.48 bits per heavy atom. The molecule has 6 nitrogen and oxygen atoms in total. The van der Waals surface area contributed by atoms with E-state index in [4.69, 9.17) is 11.6 Å². The number of rotatable bonds is 3. The van der Waals surface area contributed by atoms with Gasteiger partial charge in [0.25, 0.3) is 11.8 Å². The molecule has 0 aromatic heterocycles. The fourth-order valence-corrected chi connectivity index (χ4v) is 4.13. The van der Waals surface area contributed by atoms with Crippen LogP contribution >= 0.6 is 11.6 Å². The lowest BCUT2D eigenvalue weighted by molar-refractivity contribution is -0.117. The van der Waals surface area contributed by atoms with Gasteiger partial charge < -0.3 is 10.6 Å². The second-order valence-corrected chi connectivity index (χ2v) is 8.05. The summed E-state index contributed by atoms with van der Waals surface area (Å²) < 4.78 is 0. The highest BCUT2D eigenvalue weighted by Gasteiger charge is 2.28. The Morgan fingerprint density at radius 2 is 1.77 bits per heavy atom. The first-order valence-corrected chi connectivity index (χ1v) is 10.6. The van der Waals surface area contributed by atoms with E-state index in [1.165, 1.54) is 6.42 Å². The molecule has 2 aromatic carbocycles. The van der Waals surface area contributed by atoms with Crippen LogP contribution in [0.1, 0.15) is 53.6 Å². The van der Waals surface area contributed by atoms with Crippen molar-refractivity contribution >= 4 is 34.9 Å². The molecule has 2 amide bonds. The zero-order valence-corrected chi connectivity index (χ0v) is 17.6. The normalized spacial score (nSPS) is 17.2. The monoisotopic (exact) mass is 432 g/mol. The fraction of sp³-hybridized carbons (Fsp3) is 0.250. The van der Waals surface area contributed by atoms with Crippen LogP contribution in [0.2, 0.25) is 5.02 Å². The molecular weight excluding hydrogens is 412 g/mol. The molecule has 0 saturated heterocycles. The number of benzene rings is 2. The minimum atomic E-state index is -0.426. The predicted octanol–water partition coefficient (Wildman–Crippen LogP) is 4.21. The first-order chi connectivity index (χ1) is 15.1. The Kier molecular flexibility index (Phi) is 6.15. The minimum absolute atomic E-state index is 0.0509. The van der Waals surface area contributed by atoms with Gasteiger partial charge in [0.05, 0.1) is 5.70 Å². The smallest absolute Gasteiger partial charge is 0.264 e. The van der Waals surface area contributed by atoms with Gasteiger partial charge >= 0.3 is 0 Å². The van der Waals surface area contributed by atoms with E-state index in [0.717, 1.165) is 25.7 Å². The summed E-state index contributed by atoms with van der Waals surface area (Å²) in [5.74, 6) is -0.498. The highest BCUT2D eigenvalue weighted by atomic mass is 35.5. The van der Waals surface area contributed by atoms with Gasteiger partial charge in [-0.3, -0.25) is 9.59 Å². The highest BCUT2D eigenvalue weighted by Crippen LogP contribution is 2.31. The molecule has 1 saturated carbocycles. The first kappa shape index (κ1) is 20.8. The number of carbonyl (C=O) groups is 2. The topological polar surface area (TPSA) is 94.3 Å². The van der Waals surface area contributed by atoms with Crippen molar-refractivity contribution in [1.82, 2.24) is 10.6 Å². The first-order valence-electron chi connectivity index (χ1n) is 10.3. The van der Waals surface area contributed by atoms with Crippen molar-refractivity contribution in [3.63, 3.8) is 0 Å². The van der Waals surface area contributed by atoms with Gasteiger partial charge in [-0.1, -0.05) is 61.2 Å². The predicted molar refractivity (Wildman–Crippen MR) is 119 cm³/mol. The molecule has 31 heavy (non-hydrogen) atoms. The average molecular weight is 433 g/mol. The van der Waals surface area contributed by atoms with Crippen LogP contribution in [0.5, 0.6) is 0 Å². The Bertz CT molecular complexity index is 1140. The molecule has 2 aromatic rings. The number of amidine groups is 1. The third-order valence-electron chi connectivity index (χ3n) is 5.50. The van der Waals surface area contributed by atoms with Crippen LogP contribution in [0.15, 0.2) is 59.1 Å². The van der Waals surface area contributed by atoms with E-state index in [9.17, 15) is 14.9 Å². The summed E-state index contributed by atoms with van der Waals surface area (Å²) in [4.78, 5) is 30.0. The zero-order chi connectivity index (χ0) is 21.8. The second-order valence-electron chi connectivity index (χ2n) is 7.61. The summed E-state index contributed by atoms with van der Waals surface area (Å²) in [7, 11) is 0. The van der Waals surface area contributed by atoms with E-state index in [-0.39, 0.29) is 23.2 Å². The van der Waals surface area contributed by atoms with E-state index in [1.807, 2.05) is 18.2 Å². The van der Waals surface area contributed by atoms with Gasteiger partial charge in [-0.05, 0) is 31.0 Å². The van der Waals surface area contributed by atoms with Crippen molar-refractivity contribution in [3.8, 4) is 6.07 Å². The van der Waals surface area contributed by atoms with Gasteiger partial charge in [-0.25, -0.2) is 4.99 Å². The quantitative estimate of drug-likeness (QED) is 0.561. The third-order valence-corrected chi connectivity index (χ3v) is 5.73. The maximum Gasteiger partial charge on any atom is 0.264 e. The molecule has 1 fully saturated rings. The van der Waals surface area contributed by atoms with Crippen LogP contribution in [0, 0.1) is 11.3 Å². The molecule has 0 radical (unpaired) electrons. The molecule has 2 N–H and O–H groups in total. The number of aliphatic imine (C=N–C) groups is 1. The van der Waals surface area contributed by atoms with Crippen LogP contribution in [0.3, 0.4) is 0 Å². The zero-order valence-electron chi connectivity index (χ0n) is 16.8. The average Bonchev–Trinajstić information content (AvgIpc) is 3.13. The summed E-state index contributed by atoms with van der Waals surface area (Å²) in [5.41, 5.74) is 1.91. The Balaban J connectivity index is 1.65. The summed E-state index contributed by atoms with van der Waals surface area (Å²) in [6.07, 6.45) is 5.15. The van der Waals surface area contributed by atoms with Gasteiger partial charge in [0.2, 0.25) is 0 Å². The van der Waals surface area contributed by atoms with E-state index < -0.39 is 5.91 Å². The molecule has 156 valence electrons. The van der Waals surface area contributed by atoms with Crippen LogP contribution in [-0.4, -0.2) is 23.7 Å². The van der Waals surface area contributed by atoms with Crippen LogP contribution < -0.4 is 10.6 Å². The van der Waals surface area contributed by atoms with Crippen molar-refractivity contribution in [2.75, 3.05) is 0 Å². The van der Waals surface area contributed by atoms with Gasteiger partial charge in [0.1, 0.15) is 17.5 Å². The molecule has 0 unspecified atom stereocenters. The maximum absolute atomic E-state index is 12.9. The summed E-state index contributed by atoms with van der Waals surface area (Å²) in [5, 5.41) is 16.0. The van der Waals surface area contributed by atoms with Crippen molar-refractivity contribution in [1.29, 1.82) is 5.26 Å². The lowest BCUT2D eigenvalue weighted by atomic mass is 9.95. The van der Waals surface area contributed by atoms with E-state index >= 15 is 0 Å². The number of amides is 2. The van der Waals surface area contributed by atoms with Gasteiger partial charge in [0.15, 0.2) is 0 Å². The molecule has 0 atom stereocenters. The molecule has 7 heteroatoms. The number of nitrogens with one attached hydrogen (secondary N) is 2. The number of nitrogens with zero attached hydrogens (tertiary/aromatic N) is 2. The summed E-state index contributed by atoms with van der Waals surface area (Å²) in [6.45, 7) is 0. The molecular formula is C24H21ClN4O2. The largest absolute Gasteiger partial charge is 0.349 e. The molecule has 0 bridgehead atoms. The van der Waals surface area contributed by atoms with Gasteiger partial charge in [0, 0.05) is 27.8 Å². The lowest BCUT2D eigenvalue weighted by Crippen LogP contribution is -2.37. The Morgan fingerprint density at radius 1 is 1.03 bits per heavy atom.